The molecule has 1 saturated carbocycles. The van der Waals surface area contributed by atoms with Crippen molar-refractivity contribution in [3.8, 4) is 11.6 Å². The maximum Gasteiger partial charge on any atom is 0.258 e. The number of nitrogens with zero attached hydrogens (tertiary/aromatic N) is 1. The molecule has 9 heteroatoms. The van der Waals surface area contributed by atoms with E-state index < -0.39 is 5.82 Å². The summed E-state index contributed by atoms with van der Waals surface area (Å²) >= 11 is 5.62. The van der Waals surface area contributed by atoms with E-state index in [1.807, 2.05) is 0 Å². The molecule has 1 aliphatic rings. The predicted octanol–water partition coefficient (Wildman–Crippen LogP) is 3.06. The molecule has 0 radical (unpaired) electrons. The van der Waals surface area contributed by atoms with Crippen molar-refractivity contribution >= 4 is 23.4 Å². The predicted molar refractivity (Wildman–Crippen MR) is 109 cm³/mol. The lowest BCUT2D eigenvalue weighted by molar-refractivity contribution is -0.124. The normalized spacial score (nSPS) is 18.5. The molecule has 1 aromatic carbocycles. The summed E-state index contributed by atoms with van der Waals surface area (Å²) in [6.45, 7) is 0.351. The smallest absolute Gasteiger partial charge is 0.258 e. The standard InChI is InChI=1S/C21H23ClFN3O4/c22-17-7-6-16(9-18(17)23)30-12-20(28)26-15-4-1-13(2-5-15)10-25-21(29)14-3-8-19(27)24-11-14/h3,6-9,11,13,15H,1-2,4-5,10,12H2,(H,24,27)(H,25,29)(H,26,28)/t13-,15-. The lowest BCUT2D eigenvalue weighted by Crippen LogP contribution is -2.41. The van der Waals surface area contributed by atoms with Crippen LogP contribution in [-0.2, 0) is 4.79 Å². The van der Waals surface area contributed by atoms with Gasteiger partial charge in [0.2, 0.25) is 5.88 Å². The Balaban J connectivity index is 1.34. The van der Waals surface area contributed by atoms with Gasteiger partial charge in [0.05, 0.1) is 10.6 Å². The summed E-state index contributed by atoms with van der Waals surface area (Å²) in [6.07, 6.45) is 4.70. The number of carbonyl (C=O) groups is 2. The quantitative estimate of drug-likeness (QED) is 0.620. The number of aromatic hydroxyl groups is 1. The van der Waals surface area contributed by atoms with Crippen LogP contribution >= 0.6 is 11.6 Å². The Kier molecular flexibility index (Phi) is 7.46. The molecular weight excluding hydrogens is 413 g/mol. The lowest BCUT2D eigenvalue weighted by Gasteiger charge is -2.29. The number of benzene rings is 1. The third-order valence-corrected chi connectivity index (χ3v) is 5.34. The molecule has 0 spiro atoms. The Bertz CT molecular complexity index is 886. The van der Waals surface area contributed by atoms with E-state index in [9.17, 15) is 19.1 Å². The second kappa shape index (κ2) is 10.2. The van der Waals surface area contributed by atoms with Crippen LogP contribution in [0.15, 0.2) is 36.5 Å². The molecule has 2 amide bonds. The lowest BCUT2D eigenvalue weighted by atomic mass is 9.86. The van der Waals surface area contributed by atoms with Crippen molar-refractivity contribution in [3.05, 3.63) is 52.9 Å². The summed E-state index contributed by atoms with van der Waals surface area (Å²) < 4.78 is 18.7. The summed E-state index contributed by atoms with van der Waals surface area (Å²) in [5, 5.41) is 15.0. The minimum atomic E-state index is -0.596. The average Bonchev–Trinajstić information content (AvgIpc) is 2.74. The van der Waals surface area contributed by atoms with Gasteiger partial charge in [-0.3, -0.25) is 9.59 Å². The third kappa shape index (κ3) is 6.32. The second-order valence-corrected chi connectivity index (χ2v) is 7.67. The molecule has 0 aliphatic heterocycles. The monoisotopic (exact) mass is 435 g/mol. The highest BCUT2D eigenvalue weighted by atomic mass is 35.5. The van der Waals surface area contributed by atoms with E-state index in [0.717, 1.165) is 31.7 Å². The molecule has 160 valence electrons. The number of aromatic nitrogens is 1. The highest BCUT2D eigenvalue weighted by molar-refractivity contribution is 6.30. The molecule has 0 unspecified atom stereocenters. The molecule has 30 heavy (non-hydrogen) atoms. The van der Waals surface area contributed by atoms with Crippen LogP contribution in [0.25, 0.3) is 0 Å². The summed E-state index contributed by atoms with van der Waals surface area (Å²) in [6, 6.07) is 6.97. The molecule has 0 saturated heterocycles. The first-order valence-corrected chi connectivity index (χ1v) is 10.1. The van der Waals surface area contributed by atoms with Crippen molar-refractivity contribution in [2.24, 2.45) is 5.92 Å². The molecule has 2 aromatic rings. The fraction of sp³-hybridized carbons (Fsp3) is 0.381. The Morgan fingerprint density at radius 2 is 1.97 bits per heavy atom. The molecule has 1 fully saturated rings. The van der Waals surface area contributed by atoms with Crippen LogP contribution in [-0.4, -0.2) is 41.1 Å². The summed E-state index contributed by atoms with van der Waals surface area (Å²) in [4.78, 5) is 27.9. The molecule has 7 nitrogen and oxygen atoms in total. The van der Waals surface area contributed by atoms with E-state index in [2.05, 4.69) is 15.6 Å². The Labute approximate surface area is 178 Å². The van der Waals surface area contributed by atoms with Crippen LogP contribution < -0.4 is 15.4 Å². The van der Waals surface area contributed by atoms with Gasteiger partial charge in [0.15, 0.2) is 6.61 Å². The highest BCUT2D eigenvalue weighted by Gasteiger charge is 2.23. The number of nitrogens with one attached hydrogen (secondary N) is 2. The Morgan fingerprint density at radius 1 is 1.20 bits per heavy atom. The first kappa shape index (κ1) is 21.8. The van der Waals surface area contributed by atoms with Crippen molar-refractivity contribution < 1.29 is 23.8 Å². The van der Waals surface area contributed by atoms with Crippen molar-refractivity contribution in [1.82, 2.24) is 15.6 Å². The molecule has 1 aromatic heterocycles. The van der Waals surface area contributed by atoms with E-state index >= 15 is 0 Å². The number of pyridine rings is 1. The zero-order chi connectivity index (χ0) is 21.5. The summed E-state index contributed by atoms with van der Waals surface area (Å²) in [5.74, 6) is -0.634. The van der Waals surface area contributed by atoms with E-state index in [1.54, 1.807) is 0 Å². The highest BCUT2D eigenvalue weighted by Crippen LogP contribution is 2.24. The zero-order valence-electron chi connectivity index (χ0n) is 16.2. The molecule has 3 rings (SSSR count). The van der Waals surface area contributed by atoms with Crippen molar-refractivity contribution in [1.29, 1.82) is 0 Å². The Hall–Kier alpha value is -2.87. The minimum absolute atomic E-state index is 0.000478. The maximum absolute atomic E-state index is 13.4. The summed E-state index contributed by atoms with van der Waals surface area (Å²) in [7, 11) is 0. The topological polar surface area (TPSA) is 101 Å². The number of hydrogen-bond acceptors (Lipinski definition) is 5. The first-order valence-electron chi connectivity index (χ1n) is 9.71. The molecule has 1 aliphatic carbocycles. The second-order valence-electron chi connectivity index (χ2n) is 7.26. The molecule has 3 N–H and O–H groups in total. The van der Waals surface area contributed by atoms with Gasteiger partial charge in [-0.1, -0.05) is 11.6 Å². The third-order valence-electron chi connectivity index (χ3n) is 5.03. The van der Waals surface area contributed by atoms with Crippen LogP contribution in [0.5, 0.6) is 11.6 Å². The van der Waals surface area contributed by atoms with Gasteiger partial charge in [0.1, 0.15) is 11.6 Å². The number of amides is 2. The molecule has 0 atom stereocenters. The van der Waals surface area contributed by atoms with Crippen LogP contribution in [0, 0.1) is 11.7 Å². The van der Waals surface area contributed by atoms with Gasteiger partial charge < -0.3 is 20.5 Å². The van der Waals surface area contributed by atoms with Gasteiger partial charge in [0.25, 0.3) is 11.8 Å². The van der Waals surface area contributed by atoms with Gasteiger partial charge in [-0.2, -0.15) is 0 Å². The fourth-order valence-corrected chi connectivity index (χ4v) is 3.47. The van der Waals surface area contributed by atoms with E-state index in [0.29, 0.717) is 18.0 Å². The van der Waals surface area contributed by atoms with Crippen LogP contribution in [0.3, 0.4) is 0 Å². The SMILES string of the molecule is O=C(COc1ccc(Cl)c(F)c1)N[C@H]1CC[C@H](CNC(=O)c2ccc(O)nc2)CC1. The van der Waals surface area contributed by atoms with Crippen molar-refractivity contribution in [2.45, 2.75) is 31.7 Å². The summed E-state index contributed by atoms with van der Waals surface area (Å²) in [5.41, 5.74) is 0.398. The van der Waals surface area contributed by atoms with Gasteiger partial charge in [-0.15, -0.1) is 0 Å². The van der Waals surface area contributed by atoms with Gasteiger partial charge in [0, 0.05) is 30.9 Å². The largest absolute Gasteiger partial charge is 0.493 e. The van der Waals surface area contributed by atoms with Crippen LogP contribution in [0.4, 0.5) is 4.39 Å². The number of halogens is 2. The zero-order valence-corrected chi connectivity index (χ0v) is 17.0. The number of hydrogen-bond donors (Lipinski definition) is 3. The van der Waals surface area contributed by atoms with Gasteiger partial charge >= 0.3 is 0 Å². The number of ether oxygens (including phenoxy) is 1. The Morgan fingerprint density at radius 3 is 2.63 bits per heavy atom. The average molecular weight is 436 g/mol. The number of carbonyl (C=O) groups excluding carboxylic acids is 2. The molecule has 0 bridgehead atoms. The fourth-order valence-electron chi connectivity index (χ4n) is 3.36. The van der Waals surface area contributed by atoms with E-state index in [-0.39, 0.29) is 41.1 Å². The van der Waals surface area contributed by atoms with Crippen molar-refractivity contribution in [2.75, 3.05) is 13.2 Å². The van der Waals surface area contributed by atoms with Crippen LogP contribution in [0.2, 0.25) is 5.02 Å². The van der Waals surface area contributed by atoms with Gasteiger partial charge in [-0.25, -0.2) is 9.37 Å². The minimum Gasteiger partial charge on any atom is -0.493 e. The maximum atomic E-state index is 13.4. The van der Waals surface area contributed by atoms with Crippen LogP contribution in [0.1, 0.15) is 36.0 Å². The van der Waals surface area contributed by atoms with E-state index in [1.165, 1.54) is 30.5 Å². The van der Waals surface area contributed by atoms with E-state index in [4.69, 9.17) is 16.3 Å². The molecular formula is C21H23ClFN3O4. The number of rotatable bonds is 7. The van der Waals surface area contributed by atoms with Crippen molar-refractivity contribution in [3.63, 3.8) is 0 Å². The first-order chi connectivity index (χ1) is 14.4. The van der Waals surface area contributed by atoms with Gasteiger partial charge in [-0.05, 0) is 49.8 Å². The molecule has 1 heterocycles.